The van der Waals surface area contributed by atoms with Gasteiger partial charge in [0.15, 0.2) is 17.3 Å². The van der Waals surface area contributed by atoms with Crippen LogP contribution in [0.3, 0.4) is 0 Å². The summed E-state index contributed by atoms with van der Waals surface area (Å²) in [6, 6.07) is 6.19. The van der Waals surface area contributed by atoms with E-state index in [1.165, 1.54) is 12.8 Å². The lowest BCUT2D eigenvalue weighted by Gasteiger charge is -2.36. The van der Waals surface area contributed by atoms with E-state index >= 15 is 0 Å². The second-order valence-corrected chi connectivity index (χ2v) is 10.1. The maximum atomic E-state index is 13.2. The summed E-state index contributed by atoms with van der Waals surface area (Å²) in [7, 11) is 0. The SMILES string of the molecule is CC[C@H](c1nnnn1C(C)(C)CC)N(Cc1cc2cc3c(cc2[nH]c1=O)OCO3)C1CCCC1. The predicted octanol–water partition coefficient (Wildman–Crippen LogP) is 4.28. The highest BCUT2D eigenvalue weighted by Crippen LogP contribution is 2.37. The molecule has 1 aromatic carbocycles. The summed E-state index contributed by atoms with van der Waals surface area (Å²) in [5, 5.41) is 13.9. The van der Waals surface area contributed by atoms with Crippen molar-refractivity contribution in [2.24, 2.45) is 0 Å². The Morgan fingerprint density at radius 3 is 2.62 bits per heavy atom. The van der Waals surface area contributed by atoms with Gasteiger partial charge in [-0.3, -0.25) is 9.69 Å². The van der Waals surface area contributed by atoms with Crippen molar-refractivity contribution in [1.82, 2.24) is 30.1 Å². The molecule has 3 heterocycles. The van der Waals surface area contributed by atoms with Gasteiger partial charge < -0.3 is 14.5 Å². The van der Waals surface area contributed by atoms with E-state index in [1.54, 1.807) is 0 Å². The third-order valence-electron chi connectivity index (χ3n) is 7.58. The lowest BCUT2D eigenvalue weighted by molar-refractivity contribution is 0.106. The number of pyridine rings is 1. The number of nitrogens with zero attached hydrogens (tertiary/aromatic N) is 5. The van der Waals surface area contributed by atoms with Gasteiger partial charge in [0.25, 0.3) is 5.56 Å². The molecule has 9 nitrogen and oxygen atoms in total. The standard InChI is InChI=1S/C25H34N6O3/c1-5-20(23-27-28-29-31(23)25(3,4)6-2)30(18-9-7-8-10-18)14-17-11-16-12-21-22(34-15-33-21)13-19(16)26-24(17)32/h11-13,18,20H,5-10,14-15H2,1-4H3,(H,26,32)/t20-/m1/s1. The molecule has 5 rings (SSSR count). The van der Waals surface area contributed by atoms with Crippen LogP contribution in [0.2, 0.25) is 0 Å². The Bertz CT molecular complexity index is 1230. The van der Waals surface area contributed by atoms with Gasteiger partial charge in [-0.25, -0.2) is 4.68 Å². The minimum atomic E-state index is -0.184. The van der Waals surface area contributed by atoms with Crippen LogP contribution < -0.4 is 15.0 Å². The highest BCUT2D eigenvalue weighted by molar-refractivity contribution is 5.83. The molecule has 1 aliphatic carbocycles. The number of H-pyrrole nitrogens is 1. The maximum Gasteiger partial charge on any atom is 0.252 e. The fraction of sp³-hybridized carbons (Fsp3) is 0.600. The predicted molar refractivity (Wildman–Crippen MR) is 129 cm³/mol. The molecule has 0 saturated heterocycles. The molecule has 0 bridgehead atoms. The van der Waals surface area contributed by atoms with Gasteiger partial charge in [-0.1, -0.05) is 26.7 Å². The van der Waals surface area contributed by atoms with Crippen LogP contribution in [0.25, 0.3) is 10.9 Å². The Morgan fingerprint density at radius 2 is 1.91 bits per heavy atom. The zero-order chi connectivity index (χ0) is 23.9. The van der Waals surface area contributed by atoms with Gasteiger partial charge in [0.2, 0.25) is 6.79 Å². The van der Waals surface area contributed by atoms with E-state index in [2.05, 4.69) is 53.1 Å². The van der Waals surface area contributed by atoms with Crippen molar-refractivity contribution < 1.29 is 9.47 Å². The summed E-state index contributed by atoms with van der Waals surface area (Å²) >= 11 is 0. The van der Waals surface area contributed by atoms with Crippen molar-refractivity contribution in [3.05, 3.63) is 39.9 Å². The lowest BCUT2D eigenvalue weighted by Crippen LogP contribution is -2.40. The molecule has 2 aliphatic rings. The molecular weight excluding hydrogens is 432 g/mol. The zero-order valence-corrected chi connectivity index (χ0v) is 20.5. The number of aromatic nitrogens is 5. The minimum absolute atomic E-state index is 0.0239. The van der Waals surface area contributed by atoms with Gasteiger partial charge in [-0.05, 0) is 62.1 Å². The fourth-order valence-corrected chi connectivity index (χ4v) is 5.23. The molecule has 1 fully saturated rings. The summed E-state index contributed by atoms with van der Waals surface area (Å²) < 4.78 is 13.0. The van der Waals surface area contributed by atoms with Crippen molar-refractivity contribution in [1.29, 1.82) is 0 Å². The van der Waals surface area contributed by atoms with E-state index in [9.17, 15) is 4.79 Å². The Balaban J connectivity index is 1.54. The van der Waals surface area contributed by atoms with Gasteiger partial charge in [-0.2, -0.15) is 0 Å². The normalized spacial score (nSPS) is 17.2. The number of benzene rings is 1. The molecular formula is C25H34N6O3. The number of aromatic amines is 1. The summed E-state index contributed by atoms with van der Waals surface area (Å²) in [6.07, 6.45) is 6.45. The van der Waals surface area contributed by atoms with Crippen LogP contribution in [-0.4, -0.2) is 42.9 Å². The number of hydrogen-bond donors (Lipinski definition) is 1. The number of nitrogens with one attached hydrogen (secondary N) is 1. The van der Waals surface area contributed by atoms with Crippen LogP contribution >= 0.6 is 0 Å². The average molecular weight is 467 g/mol. The van der Waals surface area contributed by atoms with Crippen molar-refractivity contribution in [2.75, 3.05) is 6.79 Å². The molecule has 0 radical (unpaired) electrons. The fourth-order valence-electron chi connectivity index (χ4n) is 5.23. The molecule has 1 N–H and O–H groups in total. The summed E-state index contributed by atoms with van der Waals surface area (Å²) in [5.74, 6) is 2.26. The van der Waals surface area contributed by atoms with Gasteiger partial charge >= 0.3 is 0 Å². The van der Waals surface area contributed by atoms with Crippen molar-refractivity contribution in [2.45, 2.75) is 90.4 Å². The first-order chi connectivity index (χ1) is 16.4. The highest BCUT2D eigenvalue weighted by atomic mass is 16.7. The monoisotopic (exact) mass is 466 g/mol. The molecule has 9 heteroatoms. The van der Waals surface area contributed by atoms with E-state index in [4.69, 9.17) is 9.47 Å². The number of tetrazole rings is 1. The van der Waals surface area contributed by atoms with Gasteiger partial charge in [0, 0.05) is 29.6 Å². The van der Waals surface area contributed by atoms with Crippen molar-refractivity contribution in [3.8, 4) is 11.5 Å². The van der Waals surface area contributed by atoms with Gasteiger partial charge in [0.1, 0.15) is 0 Å². The lowest BCUT2D eigenvalue weighted by atomic mass is 10.00. The molecule has 182 valence electrons. The number of rotatable bonds is 8. The van der Waals surface area contributed by atoms with E-state index in [-0.39, 0.29) is 23.9 Å². The molecule has 0 unspecified atom stereocenters. The number of hydrogen-bond acceptors (Lipinski definition) is 7. The van der Waals surface area contributed by atoms with Gasteiger partial charge in [-0.15, -0.1) is 5.10 Å². The second kappa shape index (κ2) is 9.02. The molecule has 3 aromatic rings. The Hall–Kier alpha value is -2.94. The Kier molecular flexibility index (Phi) is 6.06. The molecule has 34 heavy (non-hydrogen) atoms. The van der Waals surface area contributed by atoms with Crippen molar-refractivity contribution >= 4 is 10.9 Å². The average Bonchev–Trinajstić information content (AvgIpc) is 3.59. The van der Waals surface area contributed by atoms with Crippen LogP contribution in [0.4, 0.5) is 0 Å². The van der Waals surface area contributed by atoms with Crippen molar-refractivity contribution in [3.63, 3.8) is 0 Å². The second-order valence-electron chi connectivity index (χ2n) is 10.1. The third-order valence-corrected chi connectivity index (χ3v) is 7.58. The quantitative estimate of drug-likeness (QED) is 0.529. The first-order valence-corrected chi connectivity index (χ1v) is 12.4. The summed E-state index contributed by atoms with van der Waals surface area (Å²) in [6.45, 7) is 9.41. The number of fused-ring (bicyclic) bond motifs is 2. The van der Waals surface area contributed by atoms with E-state index in [0.717, 1.165) is 48.0 Å². The summed E-state index contributed by atoms with van der Waals surface area (Å²) in [4.78, 5) is 18.7. The largest absolute Gasteiger partial charge is 0.454 e. The van der Waals surface area contributed by atoms with Crippen LogP contribution in [0.15, 0.2) is 23.0 Å². The van der Waals surface area contributed by atoms with E-state index in [1.807, 2.05) is 22.9 Å². The molecule has 1 atom stereocenters. The Labute approximate surface area is 199 Å². The molecule has 1 saturated carbocycles. The van der Waals surface area contributed by atoms with Crippen LogP contribution in [-0.2, 0) is 12.1 Å². The number of ether oxygens (including phenoxy) is 2. The third kappa shape index (κ3) is 4.06. The zero-order valence-electron chi connectivity index (χ0n) is 20.5. The molecule has 0 amide bonds. The topological polar surface area (TPSA) is 98.2 Å². The maximum absolute atomic E-state index is 13.2. The first-order valence-electron chi connectivity index (χ1n) is 12.4. The van der Waals surface area contributed by atoms with Crippen LogP contribution in [0, 0.1) is 0 Å². The molecule has 2 aromatic heterocycles. The molecule has 1 aliphatic heterocycles. The summed E-state index contributed by atoms with van der Waals surface area (Å²) in [5.41, 5.74) is 1.24. The minimum Gasteiger partial charge on any atom is -0.454 e. The van der Waals surface area contributed by atoms with E-state index < -0.39 is 0 Å². The van der Waals surface area contributed by atoms with Crippen LogP contribution in [0.1, 0.15) is 83.6 Å². The molecule has 0 spiro atoms. The van der Waals surface area contributed by atoms with Crippen LogP contribution in [0.5, 0.6) is 11.5 Å². The first kappa shape index (κ1) is 22.8. The van der Waals surface area contributed by atoms with Gasteiger partial charge in [0.05, 0.1) is 17.1 Å². The Morgan fingerprint density at radius 1 is 1.18 bits per heavy atom. The smallest absolute Gasteiger partial charge is 0.252 e. The highest BCUT2D eigenvalue weighted by Gasteiger charge is 2.35. The van der Waals surface area contributed by atoms with E-state index in [0.29, 0.717) is 24.1 Å².